The number of nitrogens with zero attached hydrogens (tertiary/aromatic N) is 1. The lowest BCUT2D eigenvalue weighted by atomic mass is 9.84. The van der Waals surface area contributed by atoms with Crippen LogP contribution in [0, 0.1) is 0 Å². The first-order chi connectivity index (χ1) is 12.7. The molecule has 0 aromatic heterocycles. The summed E-state index contributed by atoms with van der Waals surface area (Å²) in [5.41, 5.74) is 2.94. The third-order valence-electron chi connectivity index (χ3n) is 4.13. The van der Waals surface area contributed by atoms with Gasteiger partial charge in [0, 0.05) is 12.1 Å². The Morgan fingerprint density at radius 3 is 2.19 bits per heavy atom. The van der Waals surface area contributed by atoms with E-state index in [-0.39, 0.29) is 12.0 Å². The van der Waals surface area contributed by atoms with Gasteiger partial charge in [0.05, 0.1) is 0 Å². The van der Waals surface area contributed by atoms with E-state index >= 15 is 0 Å². The molecule has 0 atom stereocenters. The largest absolute Gasteiger partial charge is 0.492 e. The molecule has 0 heterocycles. The summed E-state index contributed by atoms with van der Waals surface area (Å²) in [6, 6.07) is 13.9. The van der Waals surface area contributed by atoms with Crippen molar-refractivity contribution < 1.29 is 19.4 Å². The third-order valence-corrected chi connectivity index (χ3v) is 4.13. The van der Waals surface area contributed by atoms with Crippen LogP contribution in [-0.4, -0.2) is 49.8 Å². The van der Waals surface area contributed by atoms with Crippen molar-refractivity contribution in [3.8, 4) is 22.6 Å². The van der Waals surface area contributed by atoms with E-state index in [0.717, 1.165) is 29.0 Å². The van der Waals surface area contributed by atoms with Crippen LogP contribution in [0.4, 0.5) is 0 Å². The van der Waals surface area contributed by atoms with Crippen LogP contribution in [-0.2, 0) is 10.2 Å². The van der Waals surface area contributed by atoms with E-state index in [4.69, 9.17) is 14.6 Å². The van der Waals surface area contributed by atoms with E-state index in [9.17, 15) is 4.79 Å². The summed E-state index contributed by atoms with van der Waals surface area (Å²) in [4.78, 5) is 12.9. The van der Waals surface area contributed by atoms with Crippen molar-refractivity contribution in [2.24, 2.45) is 0 Å². The summed E-state index contributed by atoms with van der Waals surface area (Å²) in [5.74, 6) is 0.471. The molecule has 2 aromatic carbocycles. The fourth-order valence-corrected chi connectivity index (χ4v) is 2.65. The van der Waals surface area contributed by atoms with Crippen LogP contribution in [0.3, 0.4) is 0 Å². The van der Waals surface area contributed by atoms with Crippen molar-refractivity contribution in [1.29, 1.82) is 0 Å². The van der Waals surface area contributed by atoms with E-state index in [2.05, 4.69) is 31.7 Å². The molecular weight excluding hydrogens is 342 g/mol. The highest BCUT2D eigenvalue weighted by Crippen LogP contribution is 2.35. The highest BCUT2D eigenvalue weighted by Gasteiger charge is 2.20. The second-order valence-corrected chi connectivity index (χ2v) is 7.82. The molecule has 0 aliphatic heterocycles. The molecule has 0 saturated heterocycles. The molecule has 0 saturated carbocycles. The first-order valence-electron chi connectivity index (χ1n) is 9.04. The lowest BCUT2D eigenvalue weighted by molar-refractivity contribution is -0.139. The van der Waals surface area contributed by atoms with Gasteiger partial charge in [-0.25, -0.2) is 4.79 Å². The number of ether oxygens (including phenoxy) is 2. The first-order valence-corrected chi connectivity index (χ1v) is 9.04. The first kappa shape index (κ1) is 20.8. The Labute approximate surface area is 161 Å². The second-order valence-electron chi connectivity index (χ2n) is 7.82. The van der Waals surface area contributed by atoms with Gasteiger partial charge >= 0.3 is 5.97 Å². The number of likely N-dealkylation sites (N-methyl/N-ethyl adjacent to an activating group) is 1. The zero-order valence-corrected chi connectivity index (χ0v) is 16.8. The molecule has 2 rings (SSSR count). The van der Waals surface area contributed by atoms with Gasteiger partial charge in [-0.1, -0.05) is 39.0 Å². The van der Waals surface area contributed by atoms with Gasteiger partial charge in [-0.2, -0.15) is 0 Å². The zero-order valence-electron chi connectivity index (χ0n) is 16.8. The maximum Gasteiger partial charge on any atom is 0.341 e. The molecule has 0 aliphatic rings. The van der Waals surface area contributed by atoms with Crippen molar-refractivity contribution in [1.82, 2.24) is 4.90 Å². The van der Waals surface area contributed by atoms with Gasteiger partial charge in [-0.15, -0.1) is 0 Å². The van der Waals surface area contributed by atoms with E-state index in [1.54, 1.807) is 0 Å². The molecule has 0 aliphatic carbocycles. The SMILES string of the molecule is CN(C)CCOc1ccc(-c2ccc(OCC(=O)O)c(C(C)(C)C)c2)cc1. The van der Waals surface area contributed by atoms with Crippen molar-refractivity contribution in [3.63, 3.8) is 0 Å². The third kappa shape index (κ3) is 6.29. The quantitative estimate of drug-likeness (QED) is 0.758. The number of benzene rings is 2. The van der Waals surface area contributed by atoms with Crippen LogP contribution in [0.15, 0.2) is 42.5 Å². The number of carboxylic acid groups (broad SMARTS) is 1. The molecule has 0 spiro atoms. The molecule has 0 bridgehead atoms. The average Bonchev–Trinajstić information content (AvgIpc) is 2.59. The predicted molar refractivity (Wildman–Crippen MR) is 108 cm³/mol. The maximum absolute atomic E-state index is 10.8. The van der Waals surface area contributed by atoms with E-state index in [1.807, 2.05) is 50.5 Å². The predicted octanol–water partition coefficient (Wildman–Crippen LogP) is 4.05. The molecule has 27 heavy (non-hydrogen) atoms. The van der Waals surface area contributed by atoms with Crippen LogP contribution >= 0.6 is 0 Å². The van der Waals surface area contributed by atoms with Crippen LogP contribution < -0.4 is 9.47 Å². The minimum atomic E-state index is -0.983. The lowest BCUT2D eigenvalue weighted by Gasteiger charge is -2.23. The maximum atomic E-state index is 10.8. The normalized spacial score (nSPS) is 11.5. The summed E-state index contributed by atoms with van der Waals surface area (Å²) < 4.78 is 11.2. The topological polar surface area (TPSA) is 59.0 Å². The van der Waals surface area contributed by atoms with E-state index in [1.165, 1.54) is 0 Å². The minimum Gasteiger partial charge on any atom is -0.492 e. The van der Waals surface area contributed by atoms with Gasteiger partial charge in [0.15, 0.2) is 6.61 Å². The van der Waals surface area contributed by atoms with Crippen molar-refractivity contribution >= 4 is 5.97 Å². The summed E-state index contributed by atoms with van der Waals surface area (Å²) in [5, 5.41) is 8.88. The average molecular weight is 371 g/mol. The Balaban J connectivity index is 2.21. The standard InChI is InChI=1S/C22H29NO4/c1-22(2,3)19-14-17(8-11-20(19)27-15-21(24)25)16-6-9-18(10-7-16)26-13-12-23(4)5/h6-11,14H,12-13,15H2,1-5H3,(H,24,25). The Morgan fingerprint density at radius 2 is 1.63 bits per heavy atom. The Morgan fingerprint density at radius 1 is 1.00 bits per heavy atom. The Bertz CT molecular complexity index is 761. The number of carboxylic acids is 1. The van der Waals surface area contributed by atoms with Crippen LogP contribution in [0.5, 0.6) is 11.5 Å². The van der Waals surface area contributed by atoms with Crippen molar-refractivity contribution in [3.05, 3.63) is 48.0 Å². The van der Waals surface area contributed by atoms with Gasteiger partial charge in [0.25, 0.3) is 0 Å². The van der Waals surface area contributed by atoms with Gasteiger partial charge < -0.3 is 19.5 Å². The molecule has 0 fully saturated rings. The number of hydrogen-bond donors (Lipinski definition) is 1. The van der Waals surface area contributed by atoms with Crippen molar-refractivity contribution in [2.45, 2.75) is 26.2 Å². The van der Waals surface area contributed by atoms with Gasteiger partial charge in [-0.05, 0) is 54.9 Å². The molecule has 0 amide bonds. The summed E-state index contributed by atoms with van der Waals surface area (Å²) in [6.45, 7) is 7.43. The van der Waals surface area contributed by atoms with Gasteiger partial charge in [0.1, 0.15) is 18.1 Å². The van der Waals surface area contributed by atoms with Crippen molar-refractivity contribution in [2.75, 3.05) is 33.9 Å². The molecule has 0 radical (unpaired) electrons. The molecule has 0 unspecified atom stereocenters. The van der Waals surface area contributed by atoms with E-state index < -0.39 is 5.97 Å². The monoisotopic (exact) mass is 371 g/mol. The lowest BCUT2D eigenvalue weighted by Crippen LogP contribution is -2.19. The number of rotatable bonds is 8. The number of aliphatic carboxylic acids is 1. The molecule has 1 N–H and O–H groups in total. The fraction of sp³-hybridized carbons (Fsp3) is 0.409. The molecule has 5 nitrogen and oxygen atoms in total. The fourth-order valence-electron chi connectivity index (χ4n) is 2.65. The highest BCUT2D eigenvalue weighted by molar-refractivity contribution is 5.69. The van der Waals surface area contributed by atoms with E-state index in [0.29, 0.717) is 12.4 Å². The summed E-state index contributed by atoms with van der Waals surface area (Å²) in [6.07, 6.45) is 0. The number of carbonyl (C=O) groups is 1. The Hall–Kier alpha value is -2.53. The highest BCUT2D eigenvalue weighted by atomic mass is 16.5. The molecular formula is C22H29NO4. The second kappa shape index (κ2) is 8.91. The molecule has 146 valence electrons. The Kier molecular flexibility index (Phi) is 6.86. The molecule has 2 aromatic rings. The van der Waals surface area contributed by atoms with Crippen LogP contribution in [0.2, 0.25) is 0 Å². The van der Waals surface area contributed by atoms with Crippen LogP contribution in [0.1, 0.15) is 26.3 Å². The smallest absolute Gasteiger partial charge is 0.341 e. The summed E-state index contributed by atoms with van der Waals surface area (Å²) >= 11 is 0. The number of hydrogen-bond acceptors (Lipinski definition) is 4. The zero-order chi connectivity index (χ0) is 20.0. The van der Waals surface area contributed by atoms with Crippen LogP contribution in [0.25, 0.3) is 11.1 Å². The minimum absolute atomic E-state index is 0.168. The van der Waals surface area contributed by atoms with Gasteiger partial charge in [0.2, 0.25) is 0 Å². The molecule has 5 heteroatoms. The van der Waals surface area contributed by atoms with Gasteiger partial charge in [-0.3, -0.25) is 0 Å². The summed E-state index contributed by atoms with van der Waals surface area (Å²) in [7, 11) is 4.03.